The molecule has 1 unspecified atom stereocenters. The Balaban J connectivity index is 2.86. The molecule has 1 aromatic rings. The Morgan fingerprint density at radius 2 is 2.05 bits per heavy atom. The predicted molar refractivity (Wildman–Crippen MR) is 79.1 cm³/mol. The number of aromatic nitrogens is 2. The van der Waals surface area contributed by atoms with Gasteiger partial charge in [-0.2, -0.15) is 0 Å². The Hall–Kier alpha value is -1.36. The van der Waals surface area contributed by atoms with E-state index in [-0.39, 0.29) is 0 Å². The Bertz CT molecular complexity index is 384. The molecule has 1 aromatic heterocycles. The summed E-state index contributed by atoms with van der Waals surface area (Å²) in [6.45, 7) is 11.5. The van der Waals surface area contributed by atoms with E-state index < -0.39 is 0 Å². The summed E-state index contributed by atoms with van der Waals surface area (Å²) in [5.74, 6) is 2.68. The first kappa shape index (κ1) is 15.7. The lowest BCUT2D eigenvalue weighted by atomic mass is 10.1. The number of nitrogens with zero attached hydrogens (tertiary/aromatic N) is 3. The van der Waals surface area contributed by atoms with E-state index >= 15 is 0 Å². The summed E-state index contributed by atoms with van der Waals surface area (Å²) in [5, 5.41) is 0. The second-order valence-electron chi connectivity index (χ2n) is 4.76. The van der Waals surface area contributed by atoms with Gasteiger partial charge in [-0.05, 0) is 19.8 Å². The average molecular weight is 266 g/mol. The normalized spacial score (nSPS) is 12.4. The molecule has 0 saturated carbocycles. The molecule has 0 bridgehead atoms. The smallest absolute Gasteiger partial charge is 0.158 e. The molecule has 0 saturated heterocycles. The molecule has 0 fully saturated rings. The summed E-state index contributed by atoms with van der Waals surface area (Å²) < 4.78 is 5.35. The predicted octanol–water partition coefficient (Wildman–Crippen LogP) is 2.47. The van der Waals surface area contributed by atoms with Crippen molar-refractivity contribution >= 4 is 11.6 Å². The van der Waals surface area contributed by atoms with Gasteiger partial charge in [0.05, 0.1) is 0 Å². The Morgan fingerprint density at radius 1 is 1.32 bits per heavy atom. The van der Waals surface area contributed by atoms with Crippen LogP contribution in [0.25, 0.3) is 0 Å². The van der Waals surface area contributed by atoms with Crippen molar-refractivity contribution in [2.75, 3.05) is 30.3 Å². The fourth-order valence-corrected chi connectivity index (χ4v) is 1.81. The number of ether oxygens (including phenoxy) is 1. The van der Waals surface area contributed by atoms with Crippen molar-refractivity contribution in [1.29, 1.82) is 0 Å². The molecule has 1 rings (SSSR count). The van der Waals surface area contributed by atoms with Gasteiger partial charge in [0.15, 0.2) is 5.82 Å². The molecular weight excluding hydrogens is 240 g/mol. The van der Waals surface area contributed by atoms with Gasteiger partial charge in [0.1, 0.15) is 18.2 Å². The molecule has 0 radical (unpaired) electrons. The summed E-state index contributed by atoms with van der Waals surface area (Å²) in [7, 11) is 0. The summed E-state index contributed by atoms with van der Waals surface area (Å²) in [6.07, 6.45) is 1.16. The summed E-state index contributed by atoms with van der Waals surface area (Å²) in [5.41, 5.74) is 5.85. The van der Waals surface area contributed by atoms with E-state index in [1.54, 1.807) is 0 Å². The first-order valence-corrected chi connectivity index (χ1v) is 7.06. The van der Waals surface area contributed by atoms with E-state index in [0.29, 0.717) is 30.8 Å². The van der Waals surface area contributed by atoms with E-state index in [1.807, 2.05) is 13.0 Å². The third-order valence-corrected chi connectivity index (χ3v) is 3.15. The summed E-state index contributed by atoms with van der Waals surface area (Å²) in [4.78, 5) is 11.0. The lowest BCUT2D eigenvalue weighted by Gasteiger charge is -2.25. The van der Waals surface area contributed by atoms with E-state index in [2.05, 4.69) is 35.6 Å². The number of hydrogen-bond acceptors (Lipinski definition) is 5. The van der Waals surface area contributed by atoms with Gasteiger partial charge in [0.2, 0.25) is 0 Å². The monoisotopic (exact) mass is 266 g/mol. The van der Waals surface area contributed by atoms with Crippen LogP contribution >= 0.6 is 0 Å². The molecule has 0 amide bonds. The van der Waals surface area contributed by atoms with Crippen LogP contribution in [-0.4, -0.2) is 29.7 Å². The largest absolute Gasteiger partial charge is 0.384 e. The summed E-state index contributed by atoms with van der Waals surface area (Å²) in [6, 6.07) is 1.83. The highest BCUT2D eigenvalue weighted by molar-refractivity contribution is 5.46. The van der Waals surface area contributed by atoms with Crippen LogP contribution in [0.5, 0.6) is 0 Å². The third-order valence-electron chi connectivity index (χ3n) is 3.15. The van der Waals surface area contributed by atoms with Crippen molar-refractivity contribution in [1.82, 2.24) is 9.97 Å². The van der Waals surface area contributed by atoms with E-state index in [4.69, 9.17) is 10.5 Å². The Kier molecular flexibility index (Phi) is 6.56. The van der Waals surface area contributed by atoms with Crippen molar-refractivity contribution < 1.29 is 4.74 Å². The zero-order valence-electron chi connectivity index (χ0n) is 12.5. The number of anilines is 2. The SMILES string of the molecule is CCOCc1nc(N)cc(N(CC)CC(C)CC)n1. The number of nitrogen functional groups attached to an aromatic ring is 1. The molecule has 5 nitrogen and oxygen atoms in total. The van der Waals surface area contributed by atoms with Crippen LogP contribution in [0.3, 0.4) is 0 Å². The van der Waals surface area contributed by atoms with Crippen LogP contribution in [0.4, 0.5) is 11.6 Å². The standard InChI is InChI=1S/C14H26N4O/c1-5-11(4)9-18(6-2)14-8-12(15)16-13(17-14)10-19-7-3/h8,11H,5-7,9-10H2,1-4H3,(H2,15,16,17). The number of hydrogen-bond donors (Lipinski definition) is 1. The van der Waals surface area contributed by atoms with Gasteiger partial charge in [-0.1, -0.05) is 20.3 Å². The fourth-order valence-electron chi connectivity index (χ4n) is 1.81. The molecule has 5 heteroatoms. The molecule has 0 aliphatic carbocycles. The van der Waals surface area contributed by atoms with Crippen LogP contribution in [0.1, 0.15) is 39.9 Å². The van der Waals surface area contributed by atoms with Gasteiger partial charge in [0, 0.05) is 25.8 Å². The molecular formula is C14H26N4O. The zero-order valence-corrected chi connectivity index (χ0v) is 12.5. The minimum absolute atomic E-state index is 0.412. The van der Waals surface area contributed by atoms with Crippen molar-refractivity contribution in [2.45, 2.75) is 40.7 Å². The Morgan fingerprint density at radius 3 is 2.63 bits per heavy atom. The van der Waals surface area contributed by atoms with Crippen molar-refractivity contribution in [3.8, 4) is 0 Å². The van der Waals surface area contributed by atoms with Gasteiger partial charge in [-0.3, -0.25) is 0 Å². The van der Waals surface area contributed by atoms with Crippen LogP contribution in [0, 0.1) is 5.92 Å². The van der Waals surface area contributed by atoms with Crippen LogP contribution in [0.2, 0.25) is 0 Å². The molecule has 0 spiro atoms. The van der Waals surface area contributed by atoms with Gasteiger partial charge >= 0.3 is 0 Å². The Labute approximate surface area is 116 Å². The molecule has 0 aliphatic heterocycles. The van der Waals surface area contributed by atoms with Crippen LogP contribution in [-0.2, 0) is 11.3 Å². The molecule has 0 aliphatic rings. The van der Waals surface area contributed by atoms with E-state index in [0.717, 1.165) is 25.3 Å². The highest BCUT2D eigenvalue weighted by Gasteiger charge is 2.12. The van der Waals surface area contributed by atoms with Crippen molar-refractivity contribution in [2.24, 2.45) is 5.92 Å². The molecule has 1 heterocycles. The number of rotatable bonds is 8. The molecule has 1 atom stereocenters. The van der Waals surface area contributed by atoms with Gasteiger partial charge in [0.25, 0.3) is 0 Å². The maximum Gasteiger partial charge on any atom is 0.158 e. The minimum Gasteiger partial charge on any atom is -0.384 e. The third kappa shape index (κ3) is 5.03. The molecule has 108 valence electrons. The summed E-state index contributed by atoms with van der Waals surface area (Å²) >= 11 is 0. The van der Waals surface area contributed by atoms with Crippen LogP contribution < -0.4 is 10.6 Å². The quantitative estimate of drug-likeness (QED) is 0.783. The van der Waals surface area contributed by atoms with Gasteiger partial charge in [-0.25, -0.2) is 9.97 Å². The highest BCUT2D eigenvalue weighted by atomic mass is 16.5. The topological polar surface area (TPSA) is 64.3 Å². The second-order valence-corrected chi connectivity index (χ2v) is 4.76. The first-order chi connectivity index (χ1) is 9.10. The lowest BCUT2D eigenvalue weighted by molar-refractivity contribution is 0.128. The first-order valence-electron chi connectivity index (χ1n) is 7.06. The fraction of sp³-hybridized carbons (Fsp3) is 0.714. The lowest BCUT2D eigenvalue weighted by Crippen LogP contribution is -2.29. The second kappa shape index (κ2) is 7.94. The zero-order chi connectivity index (χ0) is 14.3. The average Bonchev–Trinajstić information content (AvgIpc) is 2.41. The number of nitrogens with two attached hydrogens (primary N) is 1. The van der Waals surface area contributed by atoms with Gasteiger partial charge in [-0.15, -0.1) is 0 Å². The minimum atomic E-state index is 0.412. The van der Waals surface area contributed by atoms with Crippen LogP contribution in [0.15, 0.2) is 6.07 Å². The molecule has 19 heavy (non-hydrogen) atoms. The molecule has 2 N–H and O–H groups in total. The van der Waals surface area contributed by atoms with Crippen molar-refractivity contribution in [3.05, 3.63) is 11.9 Å². The highest BCUT2D eigenvalue weighted by Crippen LogP contribution is 2.17. The van der Waals surface area contributed by atoms with Crippen molar-refractivity contribution in [3.63, 3.8) is 0 Å². The van der Waals surface area contributed by atoms with E-state index in [9.17, 15) is 0 Å². The van der Waals surface area contributed by atoms with E-state index in [1.165, 1.54) is 0 Å². The van der Waals surface area contributed by atoms with Gasteiger partial charge < -0.3 is 15.4 Å². The maximum atomic E-state index is 5.85. The maximum absolute atomic E-state index is 5.85. The molecule has 0 aromatic carbocycles.